The average molecular weight is 348 g/mol. The van der Waals surface area contributed by atoms with Gasteiger partial charge in [-0.3, -0.25) is 4.79 Å². The first-order valence-corrected chi connectivity index (χ1v) is 9.13. The summed E-state index contributed by atoms with van der Waals surface area (Å²) in [5, 5.41) is 0. The predicted molar refractivity (Wildman–Crippen MR) is 100 cm³/mol. The van der Waals surface area contributed by atoms with Crippen LogP contribution in [0.5, 0.6) is 11.5 Å². The number of hydrogen-bond donors (Lipinski definition) is 0. The lowest BCUT2D eigenvalue weighted by Gasteiger charge is -2.37. The Morgan fingerprint density at radius 3 is 2.60 bits per heavy atom. The van der Waals surface area contributed by atoms with Crippen LogP contribution in [0.3, 0.4) is 0 Å². The van der Waals surface area contributed by atoms with E-state index < -0.39 is 0 Å². The molecule has 140 valence electrons. The zero-order chi connectivity index (χ0) is 18.4. The summed E-state index contributed by atoms with van der Waals surface area (Å²) in [7, 11) is 5.48. The molecule has 2 rings (SSSR count). The first-order chi connectivity index (χ1) is 11.9. The van der Waals surface area contributed by atoms with Crippen molar-refractivity contribution >= 4 is 5.91 Å². The lowest BCUT2D eigenvalue weighted by molar-refractivity contribution is -0.136. The SMILES string of the molecule is COc1ccc(CCN(C)CC2CCC(=O)N(C(C)C)C2)cc1OC. The van der Waals surface area contributed by atoms with Gasteiger partial charge in [-0.25, -0.2) is 0 Å². The smallest absolute Gasteiger partial charge is 0.222 e. The molecule has 1 aliphatic heterocycles. The van der Waals surface area contributed by atoms with Crippen LogP contribution in [0.25, 0.3) is 0 Å². The Labute approximate surface area is 151 Å². The zero-order valence-electron chi connectivity index (χ0n) is 16.2. The van der Waals surface area contributed by atoms with Crippen LogP contribution in [0, 0.1) is 5.92 Å². The summed E-state index contributed by atoms with van der Waals surface area (Å²) in [6.45, 7) is 7.10. The second-order valence-electron chi connectivity index (χ2n) is 7.25. The van der Waals surface area contributed by atoms with Gasteiger partial charge >= 0.3 is 0 Å². The Hall–Kier alpha value is -1.75. The predicted octanol–water partition coefficient (Wildman–Crippen LogP) is 2.83. The number of ether oxygens (including phenoxy) is 2. The number of methoxy groups -OCH3 is 2. The molecule has 1 aliphatic rings. The van der Waals surface area contributed by atoms with E-state index in [1.54, 1.807) is 14.2 Å². The monoisotopic (exact) mass is 348 g/mol. The molecule has 0 aromatic heterocycles. The molecule has 1 unspecified atom stereocenters. The minimum Gasteiger partial charge on any atom is -0.493 e. The fourth-order valence-corrected chi connectivity index (χ4v) is 3.48. The molecule has 5 nitrogen and oxygen atoms in total. The Morgan fingerprint density at radius 1 is 1.24 bits per heavy atom. The van der Waals surface area contributed by atoms with Crippen molar-refractivity contribution in [3.8, 4) is 11.5 Å². The van der Waals surface area contributed by atoms with E-state index in [4.69, 9.17) is 9.47 Å². The van der Waals surface area contributed by atoms with Crippen molar-refractivity contribution in [3.63, 3.8) is 0 Å². The molecule has 1 aromatic carbocycles. The van der Waals surface area contributed by atoms with E-state index in [-0.39, 0.29) is 0 Å². The second-order valence-corrected chi connectivity index (χ2v) is 7.25. The summed E-state index contributed by atoms with van der Waals surface area (Å²) in [5.74, 6) is 2.41. The van der Waals surface area contributed by atoms with E-state index in [0.717, 1.165) is 44.0 Å². The number of carbonyl (C=O) groups excluding carboxylic acids is 1. The van der Waals surface area contributed by atoms with E-state index in [2.05, 4.69) is 31.9 Å². The number of rotatable bonds is 8. The molecule has 1 amide bonds. The molecule has 0 bridgehead atoms. The Kier molecular flexibility index (Phi) is 7.12. The number of piperidine rings is 1. The molecule has 1 heterocycles. The summed E-state index contributed by atoms with van der Waals surface area (Å²) in [6, 6.07) is 6.40. The molecule has 1 fully saturated rings. The molecule has 25 heavy (non-hydrogen) atoms. The van der Waals surface area contributed by atoms with Crippen molar-refractivity contribution in [2.45, 2.75) is 39.2 Å². The van der Waals surface area contributed by atoms with Crippen LogP contribution in [0.1, 0.15) is 32.3 Å². The standard InChI is InChI=1S/C20H32N2O3/c1-15(2)22-14-17(7-9-20(22)23)13-21(3)11-10-16-6-8-18(24-4)19(12-16)25-5/h6,8,12,15,17H,7,9-11,13-14H2,1-5H3. The molecule has 0 aliphatic carbocycles. The quantitative estimate of drug-likeness (QED) is 0.724. The number of hydrogen-bond acceptors (Lipinski definition) is 4. The van der Waals surface area contributed by atoms with Crippen molar-refractivity contribution in [2.75, 3.05) is 40.9 Å². The van der Waals surface area contributed by atoms with Gasteiger partial charge in [-0.15, -0.1) is 0 Å². The second kappa shape index (κ2) is 9.09. The fraction of sp³-hybridized carbons (Fsp3) is 0.650. The van der Waals surface area contributed by atoms with Gasteiger partial charge in [0.15, 0.2) is 11.5 Å². The van der Waals surface area contributed by atoms with E-state index in [0.29, 0.717) is 24.3 Å². The lowest BCUT2D eigenvalue weighted by atomic mass is 9.96. The lowest BCUT2D eigenvalue weighted by Crippen LogP contribution is -2.46. The summed E-state index contributed by atoms with van der Waals surface area (Å²) >= 11 is 0. The fourth-order valence-electron chi connectivity index (χ4n) is 3.48. The summed E-state index contributed by atoms with van der Waals surface area (Å²) < 4.78 is 10.7. The molecule has 1 atom stereocenters. The van der Waals surface area contributed by atoms with Gasteiger partial charge in [0.25, 0.3) is 0 Å². The van der Waals surface area contributed by atoms with Gasteiger partial charge in [0, 0.05) is 32.1 Å². The van der Waals surface area contributed by atoms with Gasteiger partial charge in [-0.1, -0.05) is 6.07 Å². The first kappa shape index (κ1) is 19.6. The highest BCUT2D eigenvalue weighted by Gasteiger charge is 2.27. The number of carbonyl (C=O) groups is 1. The Morgan fingerprint density at radius 2 is 1.96 bits per heavy atom. The van der Waals surface area contributed by atoms with Crippen molar-refractivity contribution in [1.82, 2.24) is 9.80 Å². The van der Waals surface area contributed by atoms with Gasteiger partial charge in [-0.05, 0) is 57.4 Å². The molecule has 5 heteroatoms. The maximum atomic E-state index is 12.0. The number of amides is 1. The largest absolute Gasteiger partial charge is 0.493 e. The van der Waals surface area contributed by atoms with Gasteiger partial charge < -0.3 is 19.3 Å². The van der Waals surface area contributed by atoms with Gasteiger partial charge in [0.05, 0.1) is 14.2 Å². The van der Waals surface area contributed by atoms with E-state index >= 15 is 0 Å². The van der Waals surface area contributed by atoms with Crippen molar-refractivity contribution in [3.05, 3.63) is 23.8 Å². The van der Waals surface area contributed by atoms with Crippen molar-refractivity contribution < 1.29 is 14.3 Å². The van der Waals surface area contributed by atoms with Crippen LogP contribution < -0.4 is 9.47 Å². The summed E-state index contributed by atoms with van der Waals surface area (Å²) in [5.41, 5.74) is 1.24. The minimum atomic E-state index is 0.298. The van der Waals surface area contributed by atoms with Crippen LogP contribution in [-0.2, 0) is 11.2 Å². The van der Waals surface area contributed by atoms with Gasteiger partial charge in [-0.2, -0.15) is 0 Å². The topological polar surface area (TPSA) is 42.0 Å². The van der Waals surface area contributed by atoms with Crippen molar-refractivity contribution in [1.29, 1.82) is 0 Å². The summed E-state index contributed by atoms with van der Waals surface area (Å²) in [4.78, 5) is 16.4. The molecule has 1 aromatic rings. The highest BCUT2D eigenvalue weighted by Crippen LogP contribution is 2.28. The maximum absolute atomic E-state index is 12.0. The first-order valence-electron chi connectivity index (χ1n) is 9.13. The molecule has 1 saturated heterocycles. The molecular weight excluding hydrogens is 316 g/mol. The summed E-state index contributed by atoms with van der Waals surface area (Å²) in [6.07, 6.45) is 2.66. The third kappa shape index (κ3) is 5.36. The number of nitrogens with zero attached hydrogens (tertiary/aromatic N) is 2. The van der Waals surface area contributed by atoms with Gasteiger partial charge in [0.1, 0.15) is 0 Å². The van der Waals surface area contributed by atoms with Crippen molar-refractivity contribution in [2.24, 2.45) is 5.92 Å². The van der Waals surface area contributed by atoms with E-state index in [9.17, 15) is 4.79 Å². The van der Waals surface area contributed by atoms with Gasteiger partial charge in [0.2, 0.25) is 5.91 Å². The average Bonchev–Trinajstić information content (AvgIpc) is 2.61. The highest BCUT2D eigenvalue weighted by molar-refractivity contribution is 5.77. The number of likely N-dealkylation sites (N-methyl/N-ethyl adjacent to an activating group) is 1. The normalized spacial score (nSPS) is 18.1. The Bertz CT molecular complexity index is 574. The zero-order valence-corrected chi connectivity index (χ0v) is 16.2. The third-order valence-corrected chi connectivity index (χ3v) is 4.97. The highest BCUT2D eigenvalue weighted by atomic mass is 16.5. The number of likely N-dealkylation sites (tertiary alicyclic amines) is 1. The van der Waals surface area contributed by atoms with E-state index in [1.165, 1.54) is 5.56 Å². The molecule has 0 spiro atoms. The molecule has 0 saturated carbocycles. The molecule has 0 radical (unpaired) electrons. The van der Waals surface area contributed by atoms with Crippen LogP contribution >= 0.6 is 0 Å². The van der Waals surface area contributed by atoms with Crippen LogP contribution in [0.15, 0.2) is 18.2 Å². The minimum absolute atomic E-state index is 0.298. The maximum Gasteiger partial charge on any atom is 0.222 e. The number of benzene rings is 1. The van der Waals surface area contributed by atoms with Crippen LogP contribution in [0.2, 0.25) is 0 Å². The van der Waals surface area contributed by atoms with E-state index in [1.807, 2.05) is 17.0 Å². The van der Waals surface area contributed by atoms with Crippen LogP contribution in [-0.4, -0.2) is 62.7 Å². The third-order valence-electron chi connectivity index (χ3n) is 4.97. The Balaban J connectivity index is 1.84. The molecular formula is C20H32N2O3. The van der Waals surface area contributed by atoms with Crippen LogP contribution in [0.4, 0.5) is 0 Å². The molecule has 0 N–H and O–H groups in total.